The first-order valence-corrected chi connectivity index (χ1v) is 7.40. The molecule has 1 heterocycles. The van der Waals surface area contributed by atoms with Gasteiger partial charge in [-0.2, -0.15) is 0 Å². The summed E-state index contributed by atoms with van der Waals surface area (Å²) in [7, 11) is 0. The van der Waals surface area contributed by atoms with E-state index in [4.69, 9.17) is 9.84 Å². The molecule has 1 aliphatic rings. The van der Waals surface area contributed by atoms with E-state index in [0.29, 0.717) is 19.7 Å². The van der Waals surface area contributed by atoms with Crippen LogP contribution in [0.3, 0.4) is 0 Å². The van der Waals surface area contributed by atoms with Gasteiger partial charge in [0.15, 0.2) is 0 Å². The van der Waals surface area contributed by atoms with Gasteiger partial charge < -0.3 is 14.7 Å². The largest absolute Gasteiger partial charge is 0.481 e. The molecule has 2 rings (SSSR count). The smallest absolute Gasteiger partial charge is 0.306 e. The number of hydrogen-bond donors (Lipinski definition) is 1. The van der Waals surface area contributed by atoms with E-state index in [1.165, 1.54) is 6.08 Å². The minimum atomic E-state index is -0.918. The number of ether oxygens (including phenoxy) is 1. The molecule has 0 bridgehead atoms. The monoisotopic (exact) mass is 353 g/mol. The van der Waals surface area contributed by atoms with Crippen molar-refractivity contribution in [1.82, 2.24) is 4.90 Å². The highest BCUT2D eigenvalue weighted by Gasteiger charge is 2.24. The van der Waals surface area contributed by atoms with Gasteiger partial charge in [0, 0.05) is 23.6 Å². The standard InChI is InChI=1S/C15H16BrNO4/c16-12-3-1-2-11(8-12)4-5-14(18)17-6-7-21-13(10-17)9-15(19)20/h1-5,8,13H,6-7,9-10H2,(H,19,20). The molecule has 1 fully saturated rings. The van der Waals surface area contributed by atoms with Gasteiger partial charge >= 0.3 is 5.97 Å². The first-order chi connectivity index (χ1) is 10.0. The van der Waals surface area contributed by atoms with Crippen LogP contribution < -0.4 is 0 Å². The highest BCUT2D eigenvalue weighted by atomic mass is 79.9. The van der Waals surface area contributed by atoms with E-state index in [-0.39, 0.29) is 12.3 Å². The van der Waals surface area contributed by atoms with Crippen molar-refractivity contribution < 1.29 is 19.4 Å². The highest BCUT2D eigenvalue weighted by molar-refractivity contribution is 9.10. The van der Waals surface area contributed by atoms with Gasteiger partial charge in [0.25, 0.3) is 0 Å². The molecule has 1 amide bonds. The number of carbonyl (C=O) groups is 2. The fourth-order valence-corrected chi connectivity index (χ4v) is 2.54. The number of carboxylic acids is 1. The molecular weight excluding hydrogens is 338 g/mol. The van der Waals surface area contributed by atoms with E-state index in [1.807, 2.05) is 24.3 Å². The molecule has 0 aliphatic carbocycles. The maximum absolute atomic E-state index is 12.1. The Morgan fingerprint density at radius 2 is 2.29 bits per heavy atom. The Morgan fingerprint density at radius 3 is 3.00 bits per heavy atom. The van der Waals surface area contributed by atoms with Crippen molar-refractivity contribution in [3.05, 3.63) is 40.4 Å². The number of hydrogen-bond acceptors (Lipinski definition) is 3. The zero-order valence-corrected chi connectivity index (χ0v) is 13.0. The van der Waals surface area contributed by atoms with Crippen LogP contribution in [0.25, 0.3) is 6.08 Å². The predicted molar refractivity (Wildman–Crippen MR) is 81.7 cm³/mol. The molecule has 0 saturated carbocycles. The number of morpholine rings is 1. The predicted octanol–water partition coefficient (Wildman–Crippen LogP) is 2.16. The number of benzene rings is 1. The third-order valence-electron chi connectivity index (χ3n) is 3.12. The molecule has 1 unspecified atom stereocenters. The maximum atomic E-state index is 12.1. The number of carbonyl (C=O) groups excluding carboxylic acids is 1. The van der Waals surface area contributed by atoms with Gasteiger partial charge in [0.2, 0.25) is 5.91 Å². The molecule has 6 heteroatoms. The fourth-order valence-electron chi connectivity index (χ4n) is 2.12. The molecule has 1 N–H and O–H groups in total. The van der Waals surface area contributed by atoms with Crippen LogP contribution in [0.4, 0.5) is 0 Å². The van der Waals surface area contributed by atoms with Gasteiger partial charge in [-0.25, -0.2) is 0 Å². The van der Waals surface area contributed by atoms with Gasteiger partial charge in [-0.15, -0.1) is 0 Å². The van der Waals surface area contributed by atoms with Crippen LogP contribution in [0.2, 0.25) is 0 Å². The van der Waals surface area contributed by atoms with Crippen LogP contribution in [0.5, 0.6) is 0 Å². The molecule has 1 atom stereocenters. The lowest BCUT2D eigenvalue weighted by Crippen LogP contribution is -2.45. The molecular formula is C15H16BrNO4. The molecule has 0 spiro atoms. The lowest BCUT2D eigenvalue weighted by Gasteiger charge is -2.31. The normalized spacial score (nSPS) is 18.9. The summed E-state index contributed by atoms with van der Waals surface area (Å²) in [6.45, 7) is 1.17. The molecule has 0 aromatic heterocycles. The van der Waals surface area contributed by atoms with Crippen LogP contribution in [0.15, 0.2) is 34.8 Å². The van der Waals surface area contributed by atoms with Crippen LogP contribution in [0.1, 0.15) is 12.0 Å². The summed E-state index contributed by atoms with van der Waals surface area (Å²) in [6.07, 6.45) is 2.73. The fraction of sp³-hybridized carbons (Fsp3) is 0.333. The second-order valence-corrected chi connectivity index (χ2v) is 5.68. The van der Waals surface area contributed by atoms with E-state index < -0.39 is 12.1 Å². The van der Waals surface area contributed by atoms with E-state index in [9.17, 15) is 9.59 Å². The molecule has 112 valence electrons. The van der Waals surface area contributed by atoms with Crippen LogP contribution in [-0.4, -0.2) is 47.7 Å². The Morgan fingerprint density at radius 1 is 1.48 bits per heavy atom. The van der Waals surface area contributed by atoms with E-state index in [2.05, 4.69) is 15.9 Å². The summed E-state index contributed by atoms with van der Waals surface area (Å²) >= 11 is 3.38. The minimum Gasteiger partial charge on any atom is -0.481 e. The van der Waals surface area contributed by atoms with Crippen molar-refractivity contribution in [2.45, 2.75) is 12.5 Å². The quantitative estimate of drug-likeness (QED) is 0.842. The summed E-state index contributed by atoms with van der Waals surface area (Å²) < 4.78 is 6.29. The molecule has 1 saturated heterocycles. The van der Waals surface area contributed by atoms with Gasteiger partial charge in [-0.3, -0.25) is 9.59 Å². The van der Waals surface area contributed by atoms with E-state index >= 15 is 0 Å². The summed E-state index contributed by atoms with van der Waals surface area (Å²) in [5, 5.41) is 8.77. The topological polar surface area (TPSA) is 66.8 Å². The Hall–Kier alpha value is -1.66. The number of nitrogens with zero attached hydrogens (tertiary/aromatic N) is 1. The number of amides is 1. The van der Waals surface area contributed by atoms with Crippen molar-refractivity contribution in [1.29, 1.82) is 0 Å². The van der Waals surface area contributed by atoms with Gasteiger partial charge in [-0.05, 0) is 23.8 Å². The average molecular weight is 354 g/mol. The molecule has 1 aromatic rings. The zero-order valence-electron chi connectivity index (χ0n) is 11.4. The SMILES string of the molecule is O=C(O)CC1CN(C(=O)C=Cc2cccc(Br)c2)CCO1. The van der Waals surface area contributed by atoms with E-state index in [0.717, 1.165) is 10.0 Å². The number of halogens is 1. The van der Waals surface area contributed by atoms with Crippen molar-refractivity contribution in [2.24, 2.45) is 0 Å². The van der Waals surface area contributed by atoms with Crippen molar-refractivity contribution in [3.8, 4) is 0 Å². The number of carboxylic acid groups (broad SMARTS) is 1. The Balaban J connectivity index is 1.94. The van der Waals surface area contributed by atoms with Gasteiger partial charge in [0.1, 0.15) is 0 Å². The van der Waals surface area contributed by atoms with Crippen LogP contribution in [0, 0.1) is 0 Å². The Labute approximate surface area is 131 Å². The zero-order chi connectivity index (χ0) is 15.2. The molecule has 21 heavy (non-hydrogen) atoms. The summed E-state index contributed by atoms with van der Waals surface area (Å²) in [5.41, 5.74) is 0.924. The summed E-state index contributed by atoms with van der Waals surface area (Å²) in [4.78, 5) is 24.4. The first kappa shape index (κ1) is 15.7. The third kappa shape index (κ3) is 4.99. The number of aliphatic carboxylic acids is 1. The molecule has 1 aliphatic heterocycles. The van der Waals surface area contributed by atoms with Gasteiger partial charge in [0.05, 0.1) is 19.1 Å². The number of rotatable bonds is 4. The maximum Gasteiger partial charge on any atom is 0.306 e. The second-order valence-electron chi connectivity index (χ2n) is 4.76. The van der Waals surface area contributed by atoms with Crippen LogP contribution in [-0.2, 0) is 14.3 Å². The molecule has 5 nitrogen and oxygen atoms in total. The van der Waals surface area contributed by atoms with Crippen LogP contribution >= 0.6 is 15.9 Å². The Bertz CT molecular complexity index is 558. The first-order valence-electron chi connectivity index (χ1n) is 6.60. The minimum absolute atomic E-state index is 0.0842. The summed E-state index contributed by atoms with van der Waals surface area (Å²) in [6, 6.07) is 7.63. The van der Waals surface area contributed by atoms with Crippen molar-refractivity contribution >= 4 is 33.9 Å². The highest BCUT2D eigenvalue weighted by Crippen LogP contribution is 2.14. The molecule has 0 radical (unpaired) electrons. The van der Waals surface area contributed by atoms with Gasteiger partial charge in [-0.1, -0.05) is 28.1 Å². The Kier molecular flexibility index (Phi) is 5.52. The van der Waals surface area contributed by atoms with E-state index in [1.54, 1.807) is 11.0 Å². The van der Waals surface area contributed by atoms with Crippen molar-refractivity contribution in [3.63, 3.8) is 0 Å². The summed E-state index contributed by atoms with van der Waals surface area (Å²) in [5.74, 6) is -1.05. The van der Waals surface area contributed by atoms with Crippen molar-refractivity contribution in [2.75, 3.05) is 19.7 Å². The lowest BCUT2D eigenvalue weighted by atomic mass is 10.2. The average Bonchev–Trinajstić information content (AvgIpc) is 2.44. The second kappa shape index (κ2) is 7.38. The molecule has 1 aromatic carbocycles. The third-order valence-corrected chi connectivity index (χ3v) is 3.61. The lowest BCUT2D eigenvalue weighted by molar-refractivity contribution is -0.145.